The van der Waals surface area contributed by atoms with Gasteiger partial charge in [-0.2, -0.15) is 0 Å². The van der Waals surface area contributed by atoms with E-state index in [9.17, 15) is 9.90 Å². The highest BCUT2D eigenvalue weighted by Gasteiger charge is 2.46. The summed E-state index contributed by atoms with van der Waals surface area (Å²) in [6, 6.07) is 0. The molecule has 2 aliphatic heterocycles. The van der Waals surface area contributed by atoms with Crippen molar-refractivity contribution in [3.05, 3.63) is 0 Å². The Labute approximate surface area is 110 Å². The van der Waals surface area contributed by atoms with E-state index in [-0.39, 0.29) is 11.1 Å². The minimum Gasteiger partial charge on any atom is -0.465 e. The first-order valence-corrected chi connectivity index (χ1v) is 7.11. The summed E-state index contributed by atoms with van der Waals surface area (Å²) in [5.41, 5.74) is 0.217. The molecule has 0 radical (unpaired) electrons. The van der Waals surface area contributed by atoms with Crippen LogP contribution >= 0.6 is 0 Å². The van der Waals surface area contributed by atoms with E-state index in [4.69, 9.17) is 0 Å². The van der Waals surface area contributed by atoms with Crippen LogP contribution in [-0.4, -0.2) is 51.7 Å². The average Bonchev–Trinajstić information content (AvgIpc) is 2.28. The lowest BCUT2D eigenvalue weighted by atomic mass is 9.77. The summed E-state index contributed by atoms with van der Waals surface area (Å²) in [4.78, 5) is 15.4. The predicted molar refractivity (Wildman–Crippen MR) is 71.9 cm³/mol. The highest BCUT2D eigenvalue weighted by atomic mass is 16.4. The van der Waals surface area contributed by atoms with Crippen LogP contribution in [0.3, 0.4) is 0 Å². The van der Waals surface area contributed by atoms with Gasteiger partial charge in [-0.15, -0.1) is 0 Å². The molecule has 0 aromatic heterocycles. The van der Waals surface area contributed by atoms with Gasteiger partial charge in [0.05, 0.1) is 0 Å². The van der Waals surface area contributed by atoms with Crippen LogP contribution in [0.5, 0.6) is 0 Å². The molecule has 0 aromatic carbocycles. The Bertz CT molecular complexity index is 320. The van der Waals surface area contributed by atoms with Gasteiger partial charge >= 0.3 is 6.09 Å². The topological polar surface area (TPSA) is 43.8 Å². The van der Waals surface area contributed by atoms with E-state index in [1.54, 1.807) is 4.90 Å². The monoisotopic (exact) mass is 254 g/mol. The second-order valence-corrected chi connectivity index (χ2v) is 6.81. The lowest BCUT2D eigenvalue weighted by Gasteiger charge is -2.56. The summed E-state index contributed by atoms with van der Waals surface area (Å²) in [6.45, 7) is 9.25. The van der Waals surface area contributed by atoms with Gasteiger partial charge in [-0.05, 0) is 53.0 Å². The molecule has 4 nitrogen and oxygen atoms in total. The first-order valence-electron chi connectivity index (χ1n) is 7.11. The second-order valence-electron chi connectivity index (χ2n) is 6.81. The molecule has 2 aliphatic rings. The maximum absolute atomic E-state index is 11.2. The standard InChI is InChI=1S/C14H26N2O2/c1-13(2,3)16-10-5-4-7-14(16)8-6-9-15(11-14)12(17)18/h4-11H2,1-3H3,(H,17,18). The summed E-state index contributed by atoms with van der Waals surface area (Å²) in [6.07, 6.45) is 5.01. The number of carboxylic acid groups (broad SMARTS) is 1. The summed E-state index contributed by atoms with van der Waals surface area (Å²) in [7, 11) is 0. The molecular formula is C14H26N2O2. The summed E-state index contributed by atoms with van der Waals surface area (Å²) in [5, 5.41) is 9.25. The SMILES string of the molecule is CC(C)(C)N1CCCCC12CCCN(C(=O)O)C2. The largest absolute Gasteiger partial charge is 0.465 e. The van der Waals surface area contributed by atoms with Crippen LogP contribution in [0.15, 0.2) is 0 Å². The van der Waals surface area contributed by atoms with Crippen LogP contribution in [0.4, 0.5) is 4.79 Å². The van der Waals surface area contributed by atoms with Crippen molar-refractivity contribution in [2.45, 2.75) is 64.0 Å². The Morgan fingerprint density at radius 3 is 2.39 bits per heavy atom. The Morgan fingerprint density at radius 2 is 1.78 bits per heavy atom. The number of nitrogens with zero attached hydrogens (tertiary/aromatic N) is 2. The predicted octanol–water partition coefficient (Wildman–Crippen LogP) is 2.78. The lowest BCUT2D eigenvalue weighted by molar-refractivity contribution is -0.0621. The van der Waals surface area contributed by atoms with Gasteiger partial charge in [0.1, 0.15) is 0 Å². The van der Waals surface area contributed by atoms with Crippen molar-refractivity contribution in [3.63, 3.8) is 0 Å². The third-order valence-corrected chi connectivity index (χ3v) is 4.48. The number of hydrogen-bond acceptors (Lipinski definition) is 2. The molecule has 1 spiro atoms. The summed E-state index contributed by atoms with van der Waals surface area (Å²) >= 11 is 0. The minimum absolute atomic E-state index is 0.0904. The molecule has 2 heterocycles. The quantitative estimate of drug-likeness (QED) is 0.723. The Hall–Kier alpha value is -0.770. The van der Waals surface area contributed by atoms with E-state index in [1.807, 2.05) is 0 Å². The molecule has 0 saturated carbocycles. The lowest BCUT2D eigenvalue weighted by Crippen LogP contribution is -2.66. The van der Waals surface area contributed by atoms with Crippen molar-refractivity contribution in [2.75, 3.05) is 19.6 Å². The van der Waals surface area contributed by atoms with Gasteiger partial charge in [0, 0.05) is 24.2 Å². The number of hydrogen-bond donors (Lipinski definition) is 1. The molecule has 2 fully saturated rings. The van der Waals surface area contributed by atoms with E-state index in [0.29, 0.717) is 13.1 Å². The maximum atomic E-state index is 11.2. The fourth-order valence-electron chi connectivity index (χ4n) is 3.84. The average molecular weight is 254 g/mol. The number of likely N-dealkylation sites (tertiary alicyclic amines) is 2. The fourth-order valence-corrected chi connectivity index (χ4v) is 3.84. The van der Waals surface area contributed by atoms with Crippen LogP contribution in [0.25, 0.3) is 0 Å². The van der Waals surface area contributed by atoms with Gasteiger partial charge in [0.2, 0.25) is 0 Å². The van der Waals surface area contributed by atoms with E-state index in [1.165, 1.54) is 12.8 Å². The van der Waals surface area contributed by atoms with E-state index in [0.717, 1.165) is 25.8 Å². The molecule has 1 N–H and O–H groups in total. The number of piperidine rings is 2. The van der Waals surface area contributed by atoms with Gasteiger partial charge in [-0.1, -0.05) is 6.42 Å². The maximum Gasteiger partial charge on any atom is 0.407 e. The Balaban J connectivity index is 2.22. The molecular weight excluding hydrogens is 228 g/mol. The smallest absolute Gasteiger partial charge is 0.407 e. The van der Waals surface area contributed by atoms with Crippen molar-refractivity contribution >= 4 is 6.09 Å². The zero-order chi connectivity index (χ0) is 13.4. The first-order chi connectivity index (χ1) is 8.35. The molecule has 1 amide bonds. The van der Waals surface area contributed by atoms with Gasteiger partial charge < -0.3 is 10.0 Å². The molecule has 0 bridgehead atoms. The molecule has 1 unspecified atom stereocenters. The van der Waals surface area contributed by atoms with E-state index in [2.05, 4.69) is 25.7 Å². The Morgan fingerprint density at radius 1 is 1.11 bits per heavy atom. The van der Waals surface area contributed by atoms with Crippen molar-refractivity contribution in [1.82, 2.24) is 9.80 Å². The zero-order valence-electron chi connectivity index (χ0n) is 11.9. The van der Waals surface area contributed by atoms with Crippen LogP contribution in [0.1, 0.15) is 52.9 Å². The normalized spacial score (nSPS) is 30.7. The van der Waals surface area contributed by atoms with Crippen LogP contribution in [0.2, 0.25) is 0 Å². The van der Waals surface area contributed by atoms with Gasteiger partial charge in [-0.3, -0.25) is 4.90 Å². The highest BCUT2D eigenvalue weighted by Crippen LogP contribution is 2.40. The summed E-state index contributed by atoms with van der Waals surface area (Å²) in [5.74, 6) is 0. The third-order valence-electron chi connectivity index (χ3n) is 4.48. The van der Waals surface area contributed by atoms with Crippen LogP contribution in [0, 0.1) is 0 Å². The molecule has 104 valence electrons. The van der Waals surface area contributed by atoms with Crippen molar-refractivity contribution in [1.29, 1.82) is 0 Å². The molecule has 2 saturated heterocycles. The Kier molecular flexibility index (Phi) is 3.58. The number of rotatable bonds is 0. The van der Waals surface area contributed by atoms with Crippen molar-refractivity contribution in [2.24, 2.45) is 0 Å². The number of carbonyl (C=O) groups is 1. The van der Waals surface area contributed by atoms with E-state index < -0.39 is 6.09 Å². The highest BCUT2D eigenvalue weighted by molar-refractivity contribution is 5.65. The zero-order valence-corrected chi connectivity index (χ0v) is 11.9. The van der Waals surface area contributed by atoms with E-state index >= 15 is 0 Å². The molecule has 4 heteroatoms. The van der Waals surface area contributed by atoms with Gasteiger partial charge in [-0.25, -0.2) is 4.79 Å². The molecule has 1 atom stereocenters. The second kappa shape index (κ2) is 4.72. The third kappa shape index (κ3) is 2.48. The minimum atomic E-state index is -0.756. The fraction of sp³-hybridized carbons (Fsp3) is 0.929. The van der Waals surface area contributed by atoms with Gasteiger partial charge in [0.25, 0.3) is 0 Å². The van der Waals surface area contributed by atoms with Crippen LogP contribution < -0.4 is 0 Å². The molecule has 0 aliphatic carbocycles. The number of amides is 1. The van der Waals surface area contributed by atoms with Crippen molar-refractivity contribution < 1.29 is 9.90 Å². The van der Waals surface area contributed by atoms with Gasteiger partial charge in [0.15, 0.2) is 0 Å². The van der Waals surface area contributed by atoms with Crippen molar-refractivity contribution in [3.8, 4) is 0 Å². The molecule has 2 rings (SSSR count). The molecule has 18 heavy (non-hydrogen) atoms. The summed E-state index contributed by atoms with van der Waals surface area (Å²) < 4.78 is 0. The molecule has 0 aromatic rings. The first kappa shape index (κ1) is 13.7. The van der Waals surface area contributed by atoms with Crippen LogP contribution in [-0.2, 0) is 0 Å².